The first kappa shape index (κ1) is 13.4. The van der Waals surface area contributed by atoms with Crippen molar-refractivity contribution in [2.75, 3.05) is 31.1 Å². The average Bonchev–Trinajstić information content (AvgIpc) is 2.86. The highest BCUT2D eigenvalue weighted by molar-refractivity contribution is 5.48. The fourth-order valence-corrected chi connectivity index (χ4v) is 2.74. The van der Waals surface area contributed by atoms with Crippen molar-refractivity contribution in [3.05, 3.63) is 29.8 Å². The maximum atomic E-state index is 3.46. The van der Waals surface area contributed by atoms with Crippen molar-refractivity contribution < 1.29 is 0 Å². The van der Waals surface area contributed by atoms with E-state index in [0.29, 0.717) is 0 Å². The molecule has 2 rings (SSSR count). The highest BCUT2D eigenvalue weighted by Gasteiger charge is 2.21. The van der Waals surface area contributed by atoms with Gasteiger partial charge < -0.3 is 10.2 Å². The molecule has 1 aliphatic rings. The second kappa shape index (κ2) is 6.79. The van der Waals surface area contributed by atoms with Gasteiger partial charge in [-0.1, -0.05) is 32.4 Å². The molecule has 18 heavy (non-hydrogen) atoms. The molecule has 0 spiro atoms. The number of nitrogens with zero attached hydrogens (tertiary/aromatic N) is 1. The normalized spacial score (nSPS) is 19.4. The molecule has 1 fully saturated rings. The van der Waals surface area contributed by atoms with E-state index in [2.05, 4.69) is 48.3 Å². The number of anilines is 1. The van der Waals surface area contributed by atoms with Gasteiger partial charge in [0.2, 0.25) is 0 Å². The number of benzene rings is 1. The molecule has 2 heteroatoms. The largest absolute Gasteiger partial charge is 0.371 e. The van der Waals surface area contributed by atoms with Gasteiger partial charge >= 0.3 is 0 Å². The van der Waals surface area contributed by atoms with Crippen LogP contribution in [0.3, 0.4) is 0 Å². The van der Waals surface area contributed by atoms with Crippen LogP contribution in [0, 0.1) is 5.92 Å². The number of hydrogen-bond donors (Lipinski definition) is 1. The summed E-state index contributed by atoms with van der Waals surface area (Å²) >= 11 is 0. The number of hydrogen-bond acceptors (Lipinski definition) is 2. The Bertz CT molecular complexity index is 345. The second-order valence-electron chi connectivity index (χ2n) is 5.32. The van der Waals surface area contributed by atoms with E-state index in [1.807, 2.05) is 0 Å². The van der Waals surface area contributed by atoms with Gasteiger partial charge in [-0.15, -0.1) is 0 Å². The Labute approximate surface area is 111 Å². The van der Waals surface area contributed by atoms with Gasteiger partial charge in [0, 0.05) is 18.8 Å². The Kier molecular flexibility index (Phi) is 5.06. The summed E-state index contributed by atoms with van der Waals surface area (Å²) in [6.45, 7) is 9.09. The molecule has 0 bridgehead atoms. The van der Waals surface area contributed by atoms with Crippen LogP contribution < -0.4 is 10.2 Å². The summed E-state index contributed by atoms with van der Waals surface area (Å²) in [6.07, 6.45) is 3.75. The van der Waals surface area contributed by atoms with Crippen molar-refractivity contribution in [1.29, 1.82) is 0 Å². The third kappa shape index (κ3) is 3.49. The highest BCUT2D eigenvalue weighted by Crippen LogP contribution is 2.24. The lowest BCUT2D eigenvalue weighted by molar-refractivity contribution is 0.528. The first-order valence-corrected chi connectivity index (χ1v) is 7.38. The van der Waals surface area contributed by atoms with Crippen LogP contribution in [0.2, 0.25) is 0 Å². The van der Waals surface area contributed by atoms with Gasteiger partial charge in [-0.25, -0.2) is 0 Å². The summed E-state index contributed by atoms with van der Waals surface area (Å²) < 4.78 is 0. The van der Waals surface area contributed by atoms with Crippen LogP contribution in [0.5, 0.6) is 0 Å². The Morgan fingerprint density at radius 3 is 2.67 bits per heavy atom. The minimum Gasteiger partial charge on any atom is -0.371 e. The van der Waals surface area contributed by atoms with Crippen LogP contribution >= 0.6 is 0 Å². The predicted molar refractivity (Wildman–Crippen MR) is 79.3 cm³/mol. The molecule has 1 aromatic rings. The van der Waals surface area contributed by atoms with Gasteiger partial charge in [-0.2, -0.15) is 0 Å². The van der Waals surface area contributed by atoms with Gasteiger partial charge in [0.25, 0.3) is 0 Å². The van der Waals surface area contributed by atoms with Gasteiger partial charge in [-0.05, 0) is 49.5 Å². The lowest BCUT2D eigenvalue weighted by Gasteiger charge is -2.19. The highest BCUT2D eigenvalue weighted by atomic mass is 15.2. The van der Waals surface area contributed by atoms with Crippen molar-refractivity contribution in [3.8, 4) is 0 Å². The minimum absolute atomic E-state index is 0.820. The summed E-state index contributed by atoms with van der Waals surface area (Å²) in [7, 11) is 0. The van der Waals surface area contributed by atoms with Crippen LogP contribution in [-0.4, -0.2) is 26.2 Å². The monoisotopic (exact) mass is 246 g/mol. The van der Waals surface area contributed by atoms with Crippen molar-refractivity contribution >= 4 is 5.69 Å². The molecule has 0 amide bonds. The molecule has 0 aromatic heterocycles. The molecule has 1 atom stereocenters. The summed E-state index contributed by atoms with van der Waals surface area (Å²) in [5, 5.41) is 3.46. The number of rotatable bonds is 6. The smallest absolute Gasteiger partial charge is 0.0366 e. The maximum Gasteiger partial charge on any atom is 0.0366 e. The Hall–Kier alpha value is -1.02. The summed E-state index contributed by atoms with van der Waals surface area (Å²) in [6, 6.07) is 9.16. The third-order valence-electron chi connectivity index (χ3n) is 3.81. The van der Waals surface area contributed by atoms with E-state index in [-0.39, 0.29) is 0 Å². The van der Waals surface area contributed by atoms with Crippen LogP contribution in [-0.2, 0) is 6.42 Å². The number of aryl methyl sites for hydroxylation is 1. The maximum absolute atomic E-state index is 3.46. The van der Waals surface area contributed by atoms with Gasteiger partial charge in [0.15, 0.2) is 0 Å². The standard InChI is InChI=1S/C16H26N2/c1-3-5-14-6-8-16(9-7-14)18-11-10-15(13-18)12-17-4-2/h6-9,15,17H,3-5,10-13H2,1-2H3. The van der Waals surface area contributed by atoms with Crippen LogP contribution in [0.4, 0.5) is 5.69 Å². The molecule has 1 aliphatic heterocycles. The molecule has 2 nitrogen and oxygen atoms in total. The lowest BCUT2D eigenvalue weighted by atomic mass is 10.1. The predicted octanol–water partition coefficient (Wildman–Crippen LogP) is 3.07. The molecular weight excluding hydrogens is 220 g/mol. The zero-order chi connectivity index (χ0) is 12.8. The SMILES string of the molecule is CCCc1ccc(N2CCC(CNCC)C2)cc1. The average molecular weight is 246 g/mol. The fraction of sp³-hybridized carbons (Fsp3) is 0.625. The summed E-state index contributed by atoms with van der Waals surface area (Å²) in [5.74, 6) is 0.820. The van der Waals surface area contributed by atoms with Crippen molar-refractivity contribution in [2.45, 2.75) is 33.1 Å². The zero-order valence-electron chi connectivity index (χ0n) is 11.8. The Morgan fingerprint density at radius 1 is 1.22 bits per heavy atom. The number of nitrogens with one attached hydrogen (secondary N) is 1. The van der Waals surface area contributed by atoms with E-state index in [9.17, 15) is 0 Å². The molecule has 1 heterocycles. The van der Waals surface area contributed by atoms with E-state index in [1.165, 1.54) is 50.1 Å². The van der Waals surface area contributed by atoms with E-state index in [4.69, 9.17) is 0 Å². The molecular formula is C16H26N2. The second-order valence-corrected chi connectivity index (χ2v) is 5.32. The van der Waals surface area contributed by atoms with Crippen LogP contribution in [0.15, 0.2) is 24.3 Å². The van der Waals surface area contributed by atoms with Crippen LogP contribution in [0.1, 0.15) is 32.3 Å². The Balaban J connectivity index is 1.88. The van der Waals surface area contributed by atoms with Crippen molar-refractivity contribution in [2.24, 2.45) is 5.92 Å². The molecule has 1 unspecified atom stereocenters. The molecule has 100 valence electrons. The van der Waals surface area contributed by atoms with Crippen molar-refractivity contribution in [1.82, 2.24) is 5.32 Å². The first-order valence-electron chi connectivity index (χ1n) is 7.38. The molecule has 1 aromatic carbocycles. The molecule has 0 saturated carbocycles. The lowest BCUT2D eigenvalue weighted by Crippen LogP contribution is -2.26. The van der Waals surface area contributed by atoms with E-state index >= 15 is 0 Å². The fourth-order valence-electron chi connectivity index (χ4n) is 2.74. The topological polar surface area (TPSA) is 15.3 Å². The van der Waals surface area contributed by atoms with Gasteiger partial charge in [0.1, 0.15) is 0 Å². The minimum atomic E-state index is 0.820. The quantitative estimate of drug-likeness (QED) is 0.830. The molecule has 1 saturated heterocycles. The first-order chi connectivity index (χ1) is 8.83. The Morgan fingerprint density at radius 2 is 2.00 bits per heavy atom. The zero-order valence-corrected chi connectivity index (χ0v) is 11.8. The molecule has 1 N–H and O–H groups in total. The van der Waals surface area contributed by atoms with Crippen molar-refractivity contribution in [3.63, 3.8) is 0 Å². The van der Waals surface area contributed by atoms with Gasteiger partial charge in [-0.3, -0.25) is 0 Å². The summed E-state index contributed by atoms with van der Waals surface area (Å²) in [4.78, 5) is 2.53. The summed E-state index contributed by atoms with van der Waals surface area (Å²) in [5.41, 5.74) is 2.86. The molecule has 0 radical (unpaired) electrons. The van der Waals surface area contributed by atoms with E-state index in [0.717, 1.165) is 12.5 Å². The van der Waals surface area contributed by atoms with Gasteiger partial charge in [0.05, 0.1) is 0 Å². The van der Waals surface area contributed by atoms with E-state index < -0.39 is 0 Å². The third-order valence-corrected chi connectivity index (χ3v) is 3.81. The molecule has 0 aliphatic carbocycles. The van der Waals surface area contributed by atoms with E-state index in [1.54, 1.807) is 0 Å². The van der Waals surface area contributed by atoms with Crippen LogP contribution in [0.25, 0.3) is 0 Å².